The van der Waals surface area contributed by atoms with E-state index >= 15 is 0 Å². The normalized spacial score (nSPS) is 15.6. The Balaban J connectivity index is 2.30. The fraction of sp³-hybridized carbons (Fsp3) is 0.571. The summed E-state index contributed by atoms with van der Waals surface area (Å²) < 4.78 is 37.7. The van der Waals surface area contributed by atoms with E-state index in [1.807, 2.05) is 13.8 Å². The van der Waals surface area contributed by atoms with Gasteiger partial charge in [0.15, 0.2) is 0 Å². The van der Waals surface area contributed by atoms with E-state index in [2.05, 4.69) is 4.98 Å². The molecule has 1 aromatic heterocycles. The maximum Gasteiger partial charge on any atom is 0.433 e. The minimum absolute atomic E-state index is 0.0247. The molecule has 20 heavy (non-hydrogen) atoms. The predicted octanol–water partition coefficient (Wildman–Crippen LogP) is 3.42. The number of carbonyl (C=O) groups excluding carboxylic acids is 1. The first kappa shape index (κ1) is 14.8. The SMILES string of the molecule is Cc1nc(C(F)(F)F)ccc1C(=O)N(C(C)C)C1CC1. The molecule has 0 aliphatic heterocycles. The van der Waals surface area contributed by atoms with Crippen molar-refractivity contribution >= 4 is 5.91 Å². The Labute approximate surface area is 115 Å². The van der Waals surface area contributed by atoms with Crippen LogP contribution in [-0.2, 0) is 6.18 Å². The van der Waals surface area contributed by atoms with Crippen molar-refractivity contribution in [2.75, 3.05) is 0 Å². The van der Waals surface area contributed by atoms with Crippen LogP contribution in [0.1, 0.15) is 48.4 Å². The summed E-state index contributed by atoms with van der Waals surface area (Å²) in [5, 5.41) is 0. The quantitative estimate of drug-likeness (QED) is 0.853. The summed E-state index contributed by atoms with van der Waals surface area (Å²) >= 11 is 0. The van der Waals surface area contributed by atoms with E-state index in [1.165, 1.54) is 13.0 Å². The highest BCUT2D eigenvalue weighted by atomic mass is 19.4. The van der Waals surface area contributed by atoms with Crippen molar-refractivity contribution < 1.29 is 18.0 Å². The topological polar surface area (TPSA) is 33.2 Å². The predicted molar refractivity (Wildman–Crippen MR) is 68.3 cm³/mol. The first-order valence-electron chi connectivity index (χ1n) is 6.59. The Hall–Kier alpha value is -1.59. The molecule has 110 valence electrons. The van der Waals surface area contributed by atoms with Gasteiger partial charge in [-0.25, -0.2) is 4.98 Å². The van der Waals surface area contributed by atoms with Crippen LogP contribution in [0.5, 0.6) is 0 Å². The highest BCUT2D eigenvalue weighted by molar-refractivity contribution is 5.95. The van der Waals surface area contributed by atoms with Crippen LogP contribution >= 0.6 is 0 Å². The summed E-state index contributed by atoms with van der Waals surface area (Å²) in [5.74, 6) is -0.235. The van der Waals surface area contributed by atoms with Crippen molar-refractivity contribution in [2.45, 2.75) is 51.9 Å². The summed E-state index contributed by atoms with van der Waals surface area (Å²) in [6.45, 7) is 5.25. The molecule has 0 saturated heterocycles. The smallest absolute Gasteiger partial charge is 0.333 e. The van der Waals surface area contributed by atoms with Crippen LogP contribution in [0.4, 0.5) is 13.2 Å². The molecular formula is C14H17F3N2O. The van der Waals surface area contributed by atoms with Crippen LogP contribution < -0.4 is 0 Å². The van der Waals surface area contributed by atoms with Crippen LogP contribution in [0.2, 0.25) is 0 Å². The van der Waals surface area contributed by atoms with Gasteiger partial charge in [-0.1, -0.05) is 0 Å². The van der Waals surface area contributed by atoms with E-state index in [0.717, 1.165) is 18.9 Å². The maximum absolute atomic E-state index is 12.6. The van der Waals surface area contributed by atoms with Gasteiger partial charge in [-0.3, -0.25) is 4.79 Å². The number of halogens is 3. The molecular weight excluding hydrogens is 269 g/mol. The zero-order valence-corrected chi connectivity index (χ0v) is 11.7. The summed E-state index contributed by atoms with van der Waals surface area (Å²) in [6, 6.07) is 2.33. The lowest BCUT2D eigenvalue weighted by atomic mass is 10.1. The average molecular weight is 286 g/mol. The molecule has 1 saturated carbocycles. The number of hydrogen-bond acceptors (Lipinski definition) is 2. The number of rotatable bonds is 3. The van der Waals surface area contributed by atoms with E-state index in [-0.39, 0.29) is 29.2 Å². The first-order chi connectivity index (χ1) is 9.21. The lowest BCUT2D eigenvalue weighted by Gasteiger charge is -2.27. The third kappa shape index (κ3) is 2.94. The highest BCUT2D eigenvalue weighted by Crippen LogP contribution is 2.32. The van der Waals surface area contributed by atoms with Gasteiger partial charge in [-0.05, 0) is 45.7 Å². The van der Waals surface area contributed by atoms with Gasteiger partial charge in [0, 0.05) is 12.1 Å². The zero-order valence-electron chi connectivity index (χ0n) is 11.7. The van der Waals surface area contributed by atoms with E-state index in [4.69, 9.17) is 0 Å². The lowest BCUT2D eigenvalue weighted by molar-refractivity contribution is -0.141. The number of carbonyl (C=O) groups is 1. The van der Waals surface area contributed by atoms with Crippen molar-refractivity contribution in [1.82, 2.24) is 9.88 Å². The third-order valence-electron chi connectivity index (χ3n) is 3.34. The molecule has 1 amide bonds. The van der Waals surface area contributed by atoms with Gasteiger partial charge >= 0.3 is 6.18 Å². The number of hydrogen-bond donors (Lipinski definition) is 0. The van der Waals surface area contributed by atoms with Gasteiger partial charge in [0.05, 0.1) is 11.3 Å². The standard InChI is InChI=1S/C14H17F3N2O/c1-8(2)19(10-4-5-10)13(20)11-6-7-12(14(15,16)17)18-9(11)3/h6-8,10H,4-5H2,1-3H3. The molecule has 0 spiro atoms. The average Bonchev–Trinajstić information content (AvgIpc) is 3.11. The first-order valence-corrected chi connectivity index (χ1v) is 6.59. The van der Waals surface area contributed by atoms with Gasteiger partial charge in [0.2, 0.25) is 0 Å². The molecule has 1 aliphatic rings. The van der Waals surface area contributed by atoms with Gasteiger partial charge in [-0.15, -0.1) is 0 Å². The van der Waals surface area contributed by atoms with Crippen molar-refractivity contribution in [2.24, 2.45) is 0 Å². The van der Waals surface area contributed by atoms with Crippen molar-refractivity contribution in [3.05, 3.63) is 29.1 Å². The van der Waals surface area contributed by atoms with Gasteiger partial charge in [0.25, 0.3) is 5.91 Å². The van der Waals surface area contributed by atoms with Crippen molar-refractivity contribution in [3.8, 4) is 0 Å². The summed E-state index contributed by atoms with van der Waals surface area (Å²) in [7, 11) is 0. The molecule has 0 aromatic carbocycles. The number of alkyl halides is 3. The molecule has 0 N–H and O–H groups in total. The Morgan fingerprint density at radius 3 is 2.35 bits per heavy atom. The third-order valence-corrected chi connectivity index (χ3v) is 3.34. The van der Waals surface area contributed by atoms with Gasteiger partial charge in [-0.2, -0.15) is 13.2 Å². The molecule has 0 radical (unpaired) electrons. The van der Waals surface area contributed by atoms with Crippen molar-refractivity contribution in [3.63, 3.8) is 0 Å². The number of aryl methyl sites for hydroxylation is 1. The maximum atomic E-state index is 12.6. The summed E-state index contributed by atoms with van der Waals surface area (Å²) in [4.78, 5) is 17.7. The summed E-state index contributed by atoms with van der Waals surface area (Å²) in [5.41, 5.74) is -0.594. The second-order valence-corrected chi connectivity index (χ2v) is 5.36. The minimum Gasteiger partial charge on any atom is -0.333 e. The van der Waals surface area contributed by atoms with Crippen LogP contribution in [0.15, 0.2) is 12.1 Å². The highest BCUT2D eigenvalue weighted by Gasteiger charge is 2.37. The Morgan fingerprint density at radius 1 is 1.35 bits per heavy atom. The number of pyridine rings is 1. The number of aromatic nitrogens is 1. The second-order valence-electron chi connectivity index (χ2n) is 5.36. The molecule has 1 heterocycles. The van der Waals surface area contributed by atoms with E-state index in [1.54, 1.807) is 4.90 Å². The summed E-state index contributed by atoms with van der Waals surface area (Å²) in [6.07, 6.45) is -2.57. The van der Waals surface area contributed by atoms with E-state index in [9.17, 15) is 18.0 Å². The lowest BCUT2D eigenvalue weighted by Crippen LogP contribution is -2.39. The number of amides is 1. The molecule has 2 rings (SSSR count). The molecule has 3 nitrogen and oxygen atoms in total. The molecule has 6 heteroatoms. The molecule has 0 unspecified atom stereocenters. The van der Waals surface area contributed by atoms with Crippen molar-refractivity contribution in [1.29, 1.82) is 0 Å². The van der Waals surface area contributed by atoms with E-state index in [0.29, 0.717) is 0 Å². The Kier molecular flexibility index (Phi) is 3.75. The van der Waals surface area contributed by atoms with Gasteiger partial charge < -0.3 is 4.90 Å². The Morgan fingerprint density at radius 2 is 1.95 bits per heavy atom. The van der Waals surface area contributed by atoms with Crippen LogP contribution in [-0.4, -0.2) is 27.9 Å². The molecule has 0 atom stereocenters. The fourth-order valence-electron chi connectivity index (χ4n) is 2.26. The van der Waals surface area contributed by atoms with Crippen LogP contribution in [0.3, 0.4) is 0 Å². The largest absolute Gasteiger partial charge is 0.433 e. The molecule has 1 aromatic rings. The second kappa shape index (κ2) is 5.07. The van der Waals surface area contributed by atoms with Crippen LogP contribution in [0, 0.1) is 6.92 Å². The number of nitrogens with zero attached hydrogens (tertiary/aromatic N) is 2. The van der Waals surface area contributed by atoms with E-state index < -0.39 is 11.9 Å². The zero-order chi connectivity index (χ0) is 15.1. The minimum atomic E-state index is -4.49. The fourth-order valence-corrected chi connectivity index (χ4v) is 2.26. The van der Waals surface area contributed by atoms with Gasteiger partial charge in [0.1, 0.15) is 5.69 Å². The molecule has 1 aliphatic carbocycles. The Bertz CT molecular complexity index is 520. The molecule has 1 fully saturated rings. The molecule has 0 bridgehead atoms. The van der Waals surface area contributed by atoms with Crippen LogP contribution in [0.25, 0.3) is 0 Å². The monoisotopic (exact) mass is 286 g/mol.